The normalized spacial score (nSPS) is 12.4. The van der Waals surface area contributed by atoms with Gasteiger partial charge in [-0.05, 0) is 36.1 Å². The molecule has 1 aromatic rings. The Balaban J connectivity index is 2.67. The summed E-state index contributed by atoms with van der Waals surface area (Å²) in [7, 11) is 1.31. The first kappa shape index (κ1) is 17.2. The summed E-state index contributed by atoms with van der Waals surface area (Å²) in [6.07, 6.45) is 3.55. The van der Waals surface area contributed by atoms with E-state index >= 15 is 0 Å². The third kappa shape index (κ3) is 6.45. The van der Waals surface area contributed by atoms with Gasteiger partial charge in [-0.15, -0.1) is 0 Å². The Kier molecular flexibility index (Phi) is 6.96. The second-order valence-electron chi connectivity index (χ2n) is 5.10. The lowest BCUT2D eigenvalue weighted by Gasteiger charge is -2.17. The van der Waals surface area contributed by atoms with Crippen molar-refractivity contribution in [2.24, 2.45) is 5.92 Å². The number of halogens is 1. The maximum Gasteiger partial charge on any atom is 0.328 e. The van der Waals surface area contributed by atoms with E-state index in [-0.39, 0.29) is 11.8 Å². The molecule has 0 spiro atoms. The highest BCUT2D eigenvalue weighted by Gasteiger charge is 2.21. The van der Waals surface area contributed by atoms with Crippen molar-refractivity contribution in [1.82, 2.24) is 5.32 Å². The molecule has 1 aromatic carbocycles. The number of esters is 1. The van der Waals surface area contributed by atoms with E-state index in [0.717, 1.165) is 5.56 Å². The van der Waals surface area contributed by atoms with Gasteiger partial charge in [0.25, 0.3) is 0 Å². The van der Waals surface area contributed by atoms with Gasteiger partial charge in [-0.3, -0.25) is 4.79 Å². The number of hydrogen-bond donors (Lipinski definition) is 1. The Morgan fingerprint density at radius 3 is 2.67 bits per heavy atom. The molecule has 4 nitrogen and oxygen atoms in total. The first-order valence-electron chi connectivity index (χ1n) is 6.74. The van der Waals surface area contributed by atoms with Gasteiger partial charge in [0.15, 0.2) is 0 Å². The van der Waals surface area contributed by atoms with Crippen molar-refractivity contribution in [3.05, 3.63) is 40.9 Å². The second kappa shape index (κ2) is 8.47. The van der Waals surface area contributed by atoms with Crippen molar-refractivity contribution in [2.75, 3.05) is 7.11 Å². The smallest absolute Gasteiger partial charge is 0.328 e. The standard InChI is InChI=1S/C16H20ClNO3/c1-11(2)9-14(16(20)21-3)18-15(19)8-7-12-5-4-6-13(17)10-12/h4-8,10-11,14H,9H2,1-3H3,(H,18,19)/b8-7+. The van der Waals surface area contributed by atoms with Crippen LogP contribution < -0.4 is 5.32 Å². The van der Waals surface area contributed by atoms with E-state index in [4.69, 9.17) is 16.3 Å². The molecule has 1 atom stereocenters. The number of methoxy groups -OCH3 is 1. The molecule has 1 N–H and O–H groups in total. The quantitative estimate of drug-likeness (QED) is 0.649. The van der Waals surface area contributed by atoms with Crippen molar-refractivity contribution in [1.29, 1.82) is 0 Å². The predicted molar refractivity (Wildman–Crippen MR) is 83.9 cm³/mol. The highest BCUT2D eigenvalue weighted by molar-refractivity contribution is 6.30. The highest BCUT2D eigenvalue weighted by atomic mass is 35.5. The molecule has 0 aliphatic carbocycles. The molecule has 0 fully saturated rings. The van der Waals surface area contributed by atoms with Crippen LogP contribution >= 0.6 is 11.6 Å². The van der Waals surface area contributed by atoms with E-state index in [2.05, 4.69) is 5.32 Å². The molecule has 0 radical (unpaired) electrons. The van der Waals surface area contributed by atoms with Crippen LogP contribution in [0.5, 0.6) is 0 Å². The minimum absolute atomic E-state index is 0.270. The maximum absolute atomic E-state index is 11.9. The van der Waals surface area contributed by atoms with Gasteiger partial charge < -0.3 is 10.1 Å². The van der Waals surface area contributed by atoms with Crippen LogP contribution in [-0.4, -0.2) is 25.0 Å². The van der Waals surface area contributed by atoms with Crippen molar-refractivity contribution < 1.29 is 14.3 Å². The molecule has 0 bridgehead atoms. The highest BCUT2D eigenvalue weighted by Crippen LogP contribution is 2.12. The summed E-state index contributed by atoms with van der Waals surface area (Å²) in [4.78, 5) is 23.5. The Morgan fingerprint density at radius 2 is 2.10 bits per heavy atom. The Morgan fingerprint density at radius 1 is 1.38 bits per heavy atom. The molecule has 1 amide bonds. The van der Waals surface area contributed by atoms with Crippen molar-refractivity contribution in [3.63, 3.8) is 0 Å². The molecule has 0 saturated heterocycles. The number of carbonyl (C=O) groups excluding carboxylic acids is 2. The van der Waals surface area contributed by atoms with Crippen LogP contribution in [0.15, 0.2) is 30.3 Å². The summed E-state index contributed by atoms with van der Waals surface area (Å²) < 4.78 is 4.70. The van der Waals surface area contributed by atoms with Gasteiger partial charge >= 0.3 is 5.97 Å². The average molecular weight is 310 g/mol. The van der Waals surface area contributed by atoms with Crippen LogP contribution in [0.3, 0.4) is 0 Å². The Labute approximate surface area is 130 Å². The molecule has 5 heteroatoms. The monoisotopic (exact) mass is 309 g/mol. The fraction of sp³-hybridized carbons (Fsp3) is 0.375. The van der Waals surface area contributed by atoms with Crippen molar-refractivity contribution >= 4 is 29.6 Å². The van der Waals surface area contributed by atoms with E-state index < -0.39 is 12.0 Å². The number of benzene rings is 1. The molecule has 114 valence electrons. The first-order valence-corrected chi connectivity index (χ1v) is 7.12. The molecular weight excluding hydrogens is 290 g/mol. The average Bonchev–Trinajstić information content (AvgIpc) is 2.43. The van der Waals surface area contributed by atoms with Gasteiger partial charge in [0.05, 0.1) is 7.11 Å². The molecule has 0 saturated carbocycles. The number of hydrogen-bond acceptors (Lipinski definition) is 3. The van der Waals surface area contributed by atoms with Crippen LogP contribution in [0.2, 0.25) is 5.02 Å². The summed E-state index contributed by atoms with van der Waals surface area (Å²) in [5, 5.41) is 3.25. The zero-order valence-corrected chi connectivity index (χ0v) is 13.2. The lowest BCUT2D eigenvalue weighted by Crippen LogP contribution is -2.41. The summed E-state index contributed by atoms with van der Waals surface area (Å²) in [6, 6.07) is 6.51. The number of ether oxygens (including phenoxy) is 1. The van der Waals surface area contributed by atoms with Gasteiger partial charge in [-0.1, -0.05) is 37.6 Å². The van der Waals surface area contributed by atoms with Crippen LogP contribution in [0, 0.1) is 5.92 Å². The van der Waals surface area contributed by atoms with Gasteiger partial charge in [-0.2, -0.15) is 0 Å². The van der Waals surface area contributed by atoms with Crippen LogP contribution in [-0.2, 0) is 14.3 Å². The van der Waals surface area contributed by atoms with Gasteiger partial charge in [0, 0.05) is 11.1 Å². The molecule has 0 aliphatic rings. The number of amides is 1. The zero-order chi connectivity index (χ0) is 15.8. The zero-order valence-electron chi connectivity index (χ0n) is 12.4. The predicted octanol–water partition coefficient (Wildman–Crippen LogP) is 3.06. The molecule has 0 heterocycles. The molecule has 1 unspecified atom stereocenters. The van der Waals surface area contributed by atoms with Gasteiger partial charge in [-0.25, -0.2) is 4.79 Å². The first-order chi connectivity index (χ1) is 9.92. The summed E-state index contributed by atoms with van der Waals surface area (Å²) >= 11 is 5.87. The SMILES string of the molecule is COC(=O)C(CC(C)C)NC(=O)/C=C/c1cccc(Cl)c1. The fourth-order valence-electron chi connectivity index (χ4n) is 1.83. The topological polar surface area (TPSA) is 55.4 Å². The summed E-state index contributed by atoms with van der Waals surface area (Å²) in [5.41, 5.74) is 0.816. The Hall–Kier alpha value is -1.81. The Bertz CT molecular complexity index is 526. The minimum atomic E-state index is -0.633. The van der Waals surface area contributed by atoms with E-state index in [1.807, 2.05) is 19.9 Å². The van der Waals surface area contributed by atoms with Gasteiger partial charge in [0.1, 0.15) is 6.04 Å². The number of nitrogens with one attached hydrogen (secondary N) is 1. The second-order valence-corrected chi connectivity index (χ2v) is 5.54. The number of rotatable bonds is 6. The van der Waals surface area contributed by atoms with Crippen LogP contribution in [0.1, 0.15) is 25.8 Å². The minimum Gasteiger partial charge on any atom is -0.467 e. The summed E-state index contributed by atoms with van der Waals surface area (Å²) in [6.45, 7) is 3.95. The van der Waals surface area contributed by atoms with E-state index in [0.29, 0.717) is 11.4 Å². The van der Waals surface area contributed by atoms with E-state index in [9.17, 15) is 9.59 Å². The summed E-state index contributed by atoms with van der Waals surface area (Å²) in [5.74, 6) is -0.509. The molecule has 21 heavy (non-hydrogen) atoms. The lowest BCUT2D eigenvalue weighted by molar-refractivity contribution is -0.145. The molecule has 0 aliphatic heterocycles. The number of carbonyl (C=O) groups is 2. The van der Waals surface area contributed by atoms with E-state index in [1.165, 1.54) is 13.2 Å². The van der Waals surface area contributed by atoms with Crippen molar-refractivity contribution in [3.8, 4) is 0 Å². The van der Waals surface area contributed by atoms with Gasteiger partial charge in [0.2, 0.25) is 5.91 Å². The molecule has 1 rings (SSSR count). The largest absolute Gasteiger partial charge is 0.467 e. The van der Waals surface area contributed by atoms with Crippen molar-refractivity contribution in [2.45, 2.75) is 26.3 Å². The fourth-order valence-corrected chi connectivity index (χ4v) is 2.03. The molecular formula is C16H20ClNO3. The third-order valence-electron chi connectivity index (χ3n) is 2.79. The van der Waals surface area contributed by atoms with Crippen LogP contribution in [0.4, 0.5) is 0 Å². The maximum atomic E-state index is 11.9. The molecule has 0 aromatic heterocycles. The van der Waals surface area contributed by atoms with E-state index in [1.54, 1.807) is 24.3 Å². The van der Waals surface area contributed by atoms with Crippen LogP contribution in [0.25, 0.3) is 6.08 Å². The lowest BCUT2D eigenvalue weighted by atomic mass is 10.0. The third-order valence-corrected chi connectivity index (χ3v) is 3.02.